The quantitative estimate of drug-likeness (QED) is 0.356. The van der Waals surface area contributed by atoms with E-state index < -0.39 is 0 Å². The van der Waals surface area contributed by atoms with Crippen LogP contribution in [0.2, 0.25) is 0 Å². The van der Waals surface area contributed by atoms with Crippen LogP contribution in [0.5, 0.6) is 11.7 Å². The van der Waals surface area contributed by atoms with Gasteiger partial charge in [0, 0.05) is 12.0 Å². The Balaban J connectivity index is 1.22. The molecule has 1 aromatic heterocycles. The number of nitrogens with zero attached hydrogens (tertiary/aromatic N) is 1. The van der Waals surface area contributed by atoms with Gasteiger partial charge in [-0.15, -0.1) is 0 Å². The van der Waals surface area contributed by atoms with E-state index in [2.05, 4.69) is 17.3 Å². The number of benzene rings is 1. The summed E-state index contributed by atoms with van der Waals surface area (Å²) in [5.74, 6) is 2.76. The van der Waals surface area contributed by atoms with Gasteiger partial charge in [0.25, 0.3) is 5.95 Å². The first kappa shape index (κ1) is 26.6. The lowest BCUT2D eigenvalue weighted by molar-refractivity contribution is -0.154. The lowest BCUT2D eigenvalue weighted by atomic mass is 9.70. The molecule has 206 valence electrons. The van der Waals surface area contributed by atoms with Crippen molar-refractivity contribution in [3.63, 3.8) is 0 Å². The summed E-state index contributed by atoms with van der Waals surface area (Å²) in [6.45, 7) is 5.21. The zero-order chi connectivity index (χ0) is 26.7. The third-order valence-electron chi connectivity index (χ3n) is 8.63. The van der Waals surface area contributed by atoms with E-state index in [0.717, 1.165) is 68.4 Å². The molecule has 1 atom stereocenters. The Bertz CT molecular complexity index is 1160. The van der Waals surface area contributed by atoms with Crippen LogP contribution in [0.3, 0.4) is 0 Å². The van der Waals surface area contributed by atoms with E-state index in [1.54, 1.807) is 6.07 Å². The van der Waals surface area contributed by atoms with E-state index in [-0.39, 0.29) is 17.3 Å². The van der Waals surface area contributed by atoms with Gasteiger partial charge < -0.3 is 23.8 Å². The number of carbonyl (C=O) groups excluding carboxylic acids is 1. The zero-order valence-electron chi connectivity index (χ0n) is 23.0. The van der Waals surface area contributed by atoms with Crippen molar-refractivity contribution in [3.8, 4) is 23.0 Å². The Hall–Kier alpha value is -2.96. The number of methoxy groups -OCH3 is 1. The summed E-state index contributed by atoms with van der Waals surface area (Å²) in [4.78, 5) is 18.0. The second-order valence-corrected chi connectivity index (χ2v) is 11.7. The number of hydrogen-bond acceptors (Lipinski definition) is 7. The fourth-order valence-electron chi connectivity index (χ4n) is 6.20. The van der Waals surface area contributed by atoms with Crippen molar-refractivity contribution in [1.29, 1.82) is 0 Å². The number of ether oxygens (including phenoxy) is 2. The third kappa shape index (κ3) is 6.02. The van der Waals surface area contributed by atoms with Crippen LogP contribution in [0.1, 0.15) is 88.7 Å². The van der Waals surface area contributed by atoms with Gasteiger partial charge in [0.15, 0.2) is 0 Å². The molecule has 0 saturated heterocycles. The summed E-state index contributed by atoms with van der Waals surface area (Å²) in [6.07, 6.45) is 9.99. The van der Waals surface area contributed by atoms with Crippen molar-refractivity contribution >= 4 is 11.7 Å². The number of rotatable bonds is 9. The molecule has 0 spiro atoms. The largest absolute Gasteiger partial charge is 0.493 e. The van der Waals surface area contributed by atoms with Crippen LogP contribution < -0.4 is 4.74 Å². The van der Waals surface area contributed by atoms with Gasteiger partial charge in [0.1, 0.15) is 18.1 Å². The highest BCUT2D eigenvalue weighted by atomic mass is 16.6. The summed E-state index contributed by atoms with van der Waals surface area (Å²) in [6, 6.07) is 7.85. The minimum atomic E-state index is -0.343. The van der Waals surface area contributed by atoms with Gasteiger partial charge in [-0.3, -0.25) is 4.79 Å². The molecule has 2 fully saturated rings. The average Bonchev–Trinajstić information content (AvgIpc) is 3.71. The molecule has 0 bridgehead atoms. The zero-order valence-corrected chi connectivity index (χ0v) is 23.0. The van der Waals surface area contributed by atoms with Gasteiger partial charge in [-0.1, -0.05) is 11.2 Å². The van der Waals surface area contributed by atoms with Crippen LogP contribution in [-0.4, -0.2) is 37.1 Å². The summed E-state index contributed by atoms with van der Waals surface area (Å²) in [5, 5.41) is 14.3. The Kier molecular flexibility index (Phi) is 8.01. The molecule has 2 saturated carbocycles. The summed E-state index contributed by atoms with van der Waals surface area (Å²) in [5.41, 5.74) is 4.28. The van der Waals surface area contributed by atoms with E-state index in [0.29, 0.717) is 36.7 Å². The normalized spacial score (nSPS) is 25.7. The second kappa shape index (κ2) is 11.4. The molecule has 5 rings (SSSR count). The van der Waals surface area contributed by atoms with Gasteiger partial charge in [-0.05, 0) is 113 Å². The van der Waals surface area contributed by atoms with Crippen LogP contribution in [0, 0.1) is 17.3 Å². The molecule has 0 radical (unpaired) electrons. The van der Waals surface area contributed by atoms with E-state index in [1.807, 2.05) is 19.9 Å². The minimum Gasteiger partial charge on any atom is -0.493 e. The highest BCUT2D eigenvalue weighted by Crippen LogP contribution is 2.49. The highest BCUT2D eigenvalue weighted by molar-refractivity contribution is 5.84. The molecule has 7 heteroatoms. The summed E-state index contributed by atoms with van der Waals surface area (Å²) < 4.78 is 16.7. The first-order valence-corrected chi connectivity index (χ1v) is 14.2. The van der Waals surface area contributed by atoms with Gasteiger partial charge >= 0.3 is 5.97 Å². The third-order valence-corrected chi connectivity index (χ3v) is 8.63. The molecule has 7 nitrogen and oxygen atoms in total. The number of aromatic hydroxyl groups is 1. The summed E-state index contributed by atoms with van der Waals surface area (Å²) in [7, 11) is 1.48. The molecule has 1 aliphatic heterocycles. The van der Waals surface area contributed by atoms with E-state index in [1.165, 1.54) is 31.1 Å². The Morgan fingerprint density at radius 2 is 1.89 bits per heavy atom. The second-order valence-electron chi connectivity index (χ2n) is 11.7. The smallest absolute Gasteiger partial charge is 0.311 e. The van der Waals surface area contributed by atoms with Crippen molar-refractivity contribution in [2.24, 2.45) is 22.4 Å². The predicted molar refractivity (Wildman–Crippen MR) is 145 cm³/mol. The maximum absolute atomic E-state index is 12.1. The molecule has 2 aliphatic carbocycles. The molecule has 1 aromatic carbocycles. The van der Waals surface area contributed by atoms with Crippen LogP contribution in [0.4, 0.5) is 0 Å². The number of esters is 1. The average molecular weight is 524 g/mol. The standard InChI is InChI=1S/C31H41NO6/c1-4-36-27-18-22(17-25(23-6-7-23)29(27)26-9-10-28(33)38-26)15-21-5-8-24(32-37-19-21)16-20-11-13-31(2,14-12-20)30(34)35-3/h9-10,17-18,20-21,23,33H,4-8,11-16,19H2,1-3H3. The van der Waals surface area contributed by atoms with Crippen molar-refractivity contribution in [2.45, 2.75) is 84.0 Å². The predicted octanol–water partition coefficient (Wildman–Crippen LogP) is 7.01. The fourth-order valence-corrected chi connectivity index (χ4v) is 6.20. The molecule has 1 N–H and O–H groups in total. The van der Waals surface area contributed by atoms with Crippen LogP contribution in [0.15, 0.2) is 33.8 Å². The highest BCUT2D eigenvalue weighted by Gasteiger charge is 2.39. The Morgan fingerprint density at radius 3 is 2.55 bits per heavy atom. The van der Waals surface area contributed by atoms with Crippen molar-refractivity contribution in [2.75, 3.05) is 20.3 Å². The first-order valence-electron chi connectivity index (χ1n) is 14.2. The number of hydrogen-bond donors (Lipinski definition) is 1. The maximum Gasteiger partial charge on any atom is 0.311 e. The molecule has 1 unspecified atom stereocenters. The van der Waals surface area contributed by atoms with Crippen molar-refractivity contribution in [3.05, 3.63) is 35.4 Å². The van der Waals surface area contributed by atoms with Crippen LogP contribution in [0.25, 0.3) is 11.3 Å². The topological polar surface area (TPSA) is 90.5 Å². The van der Waals surface area contributed by atoms with Gasteiger partial charge in [-0.2, -0.15) is 0 Å². The molecular formula is C31H41NO6. The summed E-state index contributed by atoms with van der Waals surface area (Å²) >= 11 is 0. The maximum atomic E-state index is 12.1. The van der Waals surface area contributed by atoms with Gasteiger partial charge in [-0.25, -0.2) is 0 Å². The van der Waals surface area contributed by atoms with E-state index >= 15 is 0 Å². The monoisotopic (exact) mass is 523 g/mol. The minimum absolute atomic E-state index is 0.0783. The molecule has 3 aliphatic rings. The van der Waals surface area contributed by atoms with Crippen LogP contribution >= 0.6 is 0 Å². The van der Waals surface area contributed by atoms with Gasteiger partial charge in [0.2, 0.25) is 0 Å². The number of furan rings is 1. The number of oxime groups is 1. The lowest BCUT2D eigenvalue weighted by Gasteiger charge is -2.35. The van der Waals surface area contributed by atoms with E-state index in [4.69, 9.17) is 18.7 Å². The molecular weight excluding hydrogens is 482 g/mol. The Labute approximate surface area is 225 Å². The SMILES string of the molecule is CCOc1cc(CC2CCC(CC3CCC(C)(C(=O)OC)CC3)=NOC2)cc(C2CC2)c1-c1ccc(O)o1. The molecule has 0 amide bonds. The van der Waals surface area contributed by atoms with Crippen LogP contribution in [-0.2, 0) is 20.8 Å². The van der Waals surface area contributed by atoms with Gasteiger partial charge in [0.05, 0.1) is 30.4 Å². The fraction of sp³-hybridized carbons (Fsp3) is 0.613. The number of carbonyl (C=O) groups is 1. The lowest BCUT2D eigenvalue weighted by Crippen LogP contribution is -2.34. The Morgan fingerprint density at radius 1 is 1.11 bits per heavy atom. The molecule has 2 heterocycles. The molecule has 38 heavy (non-hydrogen) atoms. The van der Waals surface area contributed by atoms with Crippen molar-refractivity contribution in [1.82, 2.24) is 0 Å². The van der Waals surface area contributed by atoms with E-state index in [9.17, 15) is 9.90 Å². The molecule has 2 aromatic rings. The first-order chi connectivity index (χ1) is 18.4. The van der Waals surface area contributed by atoms with Crippen molar-refractivity contribution < 1.29 is 28.6 Å².